The van der Waals surface area contributed by atoms with Crippen LogP contribution in [0.2, 0.25) is 5.02 Å². The molecule has 10 atom stereocenters. The number of fused-ring (bicyclic) bond motifs is 7. The van der Waals surface area contributed by atoms with Gasteiger partial charge in [0.05, 0.1) is 30.6 Å². The van der Waals surface area contributed by atoms with Gasteiger partial charge < -0.3 is 25.2 Å². The summed E-state index contributed by atoms with van der Waals surface area (Å²) in [6.45, 7) is 22.9. The molecular formula is C50H71ClN2O7. The molecule has 5 saturated carbocycles. The summed E-state index contributed by atoms with van der Waals surface area (Å²) in [5.41, 5.74) is 2.02. The number of aliphatic carboxylic acids is 1. The fourth-order valence-corrected chi connectivity index (χ4v) is 15.5. The van der Waals surface area contributed by atoms with Gasteiger partial charge in [-0.15, -0.1) is 0 Å². The van der Waals surface area contributed by atoms with Crippen LogP contribution in [0.3, 0.4) is 0 Å². The van der Waals surface area contributed by atoms with E-state index in [-0.39, 0.29) is 56.9 Å². The first-order valence-corrected chi connectivity index (χ1v) is 23.5. The van der Waals surface area contributed by atoms with Gasteiger partial charge in [-0.3, -0.25) is 19.2 Å². The van der Waals surface area contributed by atoms with E-state index in [0.717, 1.165) is 69.9 Å². The van der Waals surface area contributed by atoms with Gasteiger partial charge in [0.1, 0.15) is 6.10 Å². The summed E-state index contributed by atoms with van der Waals surface area (Å²) in [6, 6.07) is 6.95. The molecule has 1 aromatic carbocycles. The summed E-state index contributed by atoms with van der Waals surface area (Å²) < 4.78 is 12.1. The van der Waals surface area contributed by atoms with Crippen LogP contribution in [0.1, 0.15) is 143 Å². The number of allylic oxidation sites excluding steroid dienone is 2. The number of nitrogens with one attached hydrogen (secondary N) is 2. The van der Waals surface area contributed by atoms with Crippen LogP contribution < -0.4 is 10.6 Å². The normalized spacial score (nSPS) is 39.6. The van der Waals surface area contributed by atoms with Crippen molar-refractivity contribution in [2.24, 2.45) is 68.0 Å². The number of halogens is 1. The monoisotopic (exact) mass is 846 g/mol. The van der Waals surface area contributed by atoms with E-state index in [0.29, 0.717) is 66.7 Å². The molecular weight excluding hydrogens is 776 g/mol. The summed E-state index contributed by atoms with van der Waals surface area (Å²) in [4.78, 5) is 52.8. The van der Waals surface area contributed by atoms with Gasteiger partial charge in [0.25, 0.3) is 5.91 Å². The van der Waals surface area contributed by atoms with Crippen LogP contribution in [0.25, 0.3) is 0 Å². The van der Waals surface area contributed by atoms with E-state index in [1.807, 2.05) is 13.8 Å². The van der Waals surface area contributed by atoms with Crippen LogP contribution >= 0.6 is 11.6 Å². The lowest BCUT2D eigenvalue weighted by molar-refractivity contribution is -0.236. The molecule has 1 aliphatic heterocycles. The summed E-state index contributed by atoms with van der Waals surface area (Å²) in [5.74, 6) is -0.228. The van der Waals surface area contributed by atoms with Gasteiger partial charge in [-0.05, 0) is 146 Å². The number of Topliss-reactive ketones (excluding diaryl/α,β-unsaturated/α-hetero) is 1. The molecule has 0 bridgehead atoms. The molecule has 6 fully saturated rings. The molecule has 330 valence electrons. The van der Waals surface area contributed by atoms with Gasteiger partial charge in [0.15, 0.2) is 5.78 Å². The molecule has 3 N–H and O–H groups in total. The molecule has 1 aromatic rings. The minimum absolute atomic E-state index is 0.0597. The summed E-state index contributed by atoms with van der Waals surface area (Å²) >= 11 is 6.07. The highest BCUT2D eigenvalue weighted by molar-refractivity contribution is 6.30. The Labute approximate surface area is 363 Å². The smallest absolute Gasteiger partial charge is 0.309 e. The van der Waals surface area contributed by atoms with Gasteiger partial charge in [0, 0.05) is 34.4 Å². The molecule has 1 amide bonds. The second-order valence-corrected chi connectivity index (χ2v) is 23.4. The zero-order chi connectivity index (χ0) is 43.4. The molecule has 0 radical (unpaired) electrons. The van der Waals surface area contributed by atoms with Gasteiger partial charge in [0.2, 0.25) is 0 Å². The van der Waals surface area contributed by atoms with Crippen LogP contribution in [-0.4, -0.2) is 66.7 Å². The molecule has 8 rings (SSSR count). The van der Waals surface area contributed by atoms with Crippen molar-refractivity contribution in [2.75, 3.05) is 26.3 Å². The van der Waals surface area contributed by atoms with Gasteiger partial charge in [-0.2, -0.15) is 0 Å². The summed E-state index contributed by atoms with van der Waals surface area (Å²) in [7, 11) is 0. The highest BCUT2D eigenvalue weighted by atomic mass is 35.5. The average molecular weight is 848 g/mol. The van der Waals surface area contributed by atoms with Crippen LogP contribution in [0, 0.1) is 68.0 Å². The number of hydrogen-bond acceptors (Lipinski definition) is 7. The zero-order valence-corrected chi connectivity index (χ0v) is 38.5. The first-order chi connectivity index (χ1) is 28.1. The Morgan fingerprint density at radius 3 is 2.18 bits per heavy atom. The van der Waals surface area contributed by atoms with Gasteiger partial charge in [-0.1, -0.05) is 79.5 Å². The number of carbonyl (C=O) groups excluding carboxylic acids is 3. The van der Waals surface area contributed by atoms with Crippen molar-refractivity contribution in [3.05, 3.63) is 46.0 Å². The van der Waals surface area contributed by atoms with Crippen molar-refractivity contribution in [1.82, 2.24) is 10.6 Å². The third-order valence-corrected chi connectivity index (χ3v) is 19.4. The molecule has 6 aliphatic carbocycles. The van der Waals surface area contributed by atoms with E-state index >= 15 is 0 Å². The number of carboxylic acids is 1. The van der Waals surface area contributed by atoms with Crippen LogP contribution in [0.5, 0.6) is 0 Å². The topological polar surface area (TPSA) is 131 Å². The number of carboxylic acid groups (broad SMARTS) is 1. The number of ether oxygens (including phenoxy) is 2. The maximum atomic E-state index is 14.2. The number of hydrogen-bond donors (Lipinski definition) is 3. The standard InChI is InChI=1S/C50H71ClN2O7/c1-29(2)39-35(54)25-49(22-23-52-26-50(27-59-28-50)53-41(55)30-10-12-31(51)13-11-30)21-20-47(8)32(40(39)49)14-15-37-46(7)18-17-38(45(5,6)36(46)16-19-48(37,47)9)60-43(58)34-24-33(42(56)57)44(34,3)4/h10-13,29,32-34,36-38,52H,14-28H2,1-9H3,(H,53,55)(H,56,57)/t32-,33+,34-,36+,37-,38+,46+,47-,48-,49-/m1/s1. The number of esters is 1. The lowest BCUT2D eigenvalue weighted by Gasteiger charge is -2.72. The molecule has 0 spiro atoms. The van der Waals surface area contributed by atoms with E-state index < -0.39 is 22.8 Å². The van der Waals surface area contributed by atoms with E-state index in [4.69, 9.17) is 21.1 Å². The number of benzene rings is 1. The first kappa shape index (κ1) is 43.9. The first-order valence-electron chi connectivity index (χ1n) is 23.1. The van der Waals surface area contributed by atoms with Gasteiger partial charge >= 0.3 is 11.9 Å². The van der Waals surface area contributed by atoms with Crippen molar-refractivity contribution in [2.45, 2.75) is 145 Å². The van der Waals surface area contributed by atoms with E-state index in [1.54, 1.807) is 24.3 Å². The van der Waals surface area contributed by atoms with E-state index in [1.165, 1.54) is 5.57 Å². The molecule has 0 unspecified atom stereocenters. The zero-order valence-electron chi connectivity index (χ0n) is 37.7. The summed E-state index contributed by atoms with van der Waals surface area (Å²) in [5, 5.41) is 17.2. The summed E-state index contributed by atoms with van der Waals surface area (Å²) in [6.07, 6.45) is 10.1. The minimum atomic E-state index is -0.828. The number of rotatable bonds is 11. The Bertz CT molecular complexity index is 1950. The van der Waals surface area contributed by atoms with E-state index in [9.17, 15) is 24.3 Å². The lowest BCUT2D eigenvalue weighted by Crippen LogP contribution is -2.67. The number of amides is 1. The SMILES string of the molecule is CC(C)C1=C2[C@H]3CC[C@@H]4[C@@]5(C)CC[C@H](OC(=O)[C@H]6C[C@@H](C(=O)O)C6(C)C)C(C)(C)[C@@H]5CC[C@@]4(C)[C@]3(C)CC[C@@]2(CCNCC2(NC(=O)c3ccc(Cl)cc3)COC2)CC1=O. The predicted octanol–water partition coefficient (Wildman–Crippen LogP) is 9.46. The second kappa shape index (κ2) is 14.9. The third kappa shape index (κ3) is 6.58. The fourth-order valence-electron chi connectivity index (χ4n) is 15.3. The largest absolute Gasteiger partial charge is 0.481 e. The van der Waals surface area contributed by atoms with Crippen molar-refractivity contribution in [3.63, 3.8) is 0 Å². The van der Waals surface area contributed by atoms with Crippen LogP contribution in [0.15, 0.2) is 35.4 Å². The average Bonchev–Trinajstić information content (AvgIpc) is 3.45. The molecule has 60 heavy (non-hydrogen) atoms. The lowest BCUT2D eigenvalue weighted by atomic mass is 9.33. The molecule has 0 aromatic heterocycles. The Morgan fingerprint density at radius 1 is 0.867 bits per heavy atom. The molecule has 10 heteroatoms. The van der Waals surface area contributed by atoms with Crippen molar-refractivity contribution < 1.29 is 33.8 Å². The molecule has 7 aliphatic rings. The Balaban J connectivity index is 0.978. The van der Waals surface area contributed by atoms with Gasteiger partial charge in [-0.25, -0.2) is 0 Å². The maximum Gasteiger partial charge on any atom is 0.309 e. The van der Waals surface area contributed by atoms with E-state index in [2.05, 4.69) is 59.1 Å². The second-order valence-electron chi connectivity index (χ2n) is 22.9. The van der Waals surface area contributed by atoms with Crippen molar-refractivity contribution in [1.29, 1.82) is 0 Å². The minimum Gasteiger partial charge on any atom is -0.481 e. The predicted molar refractivity (Wildman–Crippen MR) is 232 cm³/mol. The fraction of sp³-hybridized carbons (Fsp3) is 0.760. The van der Waals surface area contributed by atoms with Crippen LogP contribution in [-0.2, 0) is 23.9 Å². The van der Waals surface area contributed by atoms with Crippen LogP contribution in [0.4, 0.5) is 0 Å². The number of carbonyl (C=O) groups is 4. The molecule has 1 heterocycles. The maximum absolute atomic E-state index is 14.2. The Hall–Kier alpha value is -2.75. The Morgan fingerprint density at radius 2 is 1.57 bits per heavy atom. The highest BCUT2D eigenvalue weighted by Gasteiger charge is 2.70. The molecule has 1 saturated heterocycles. The third-order valence-electron chi connectivity index (χ3n) is 19.1. The highest BCUT2D eigenvalue weighted by Crippen LogP contribution is 2.77. The quantitative estimate of drug-likeness (QED) is 0.148. The Kier molecular flexibility index (Phi) is 10.9. The van der Waals surface area contributed by atoms with Crippen molar-refractivity contribution in [3.8, 4) is 0 Å². The molecule has 9 nitrogen and oxygen atoms in total. The van der Waals surface area contributed by atoms with Crippen molar-refractivity contribution >= 4 is 35.2 Å². The number of ketones is 1.